The van der Waals surface area contributed by atoms with Crippen LogP contribution in [0.1, 0.15) is 11.1 Å². The number of aromatic nitrogens is 5. The molecule has 11 aromatic carbocycles. The second kappa shape index (κ2) is 19.1. The van der Waals surface area contributed by atoms with Crippen LogP contribution in [-0.2, 0) is 12.4 Å². The molecule has 0 N–H and O–H groups in total. The van der Waals surface area contributed by atoms with Crippen LogP contribution in [-0.4, -0.2) is 23.7 Å². The van der Waals surface area contributed by atoms with Gasteiger partial charge in [0.15, 0.2) is 5.82 Å². The van der Waals surface area contributed by atoms with Crippen molar-refractivity contribution in [2.45, 2.75) is 12.4 Å². The number of hydrogen-bond acceptors (Lipinski definition) is 2. The Bertz CT molecular complexity index is 4660. The van der Waals surface area contributed by atoms with E-state index < -0.39 is 23.5 Å². The third-order valence-electron chi connectivity index (χ3n) is 15.9. The van der Waals surface area contributed by atoms with E-state index in [9.17, 15) is 26.3 Å². The van der Waals surface area contributed by atoms with Crippen molar-refractivity contribution >= 4 is 65.4 Å². The summed E-state index contributed by atoms with van der Waals surface area (Å²) in [5.74, 6) is 0.384. The molecule has 0 atom stereocenters. The summed E-state index contributed by atoms with van der Waals surface area (Å²) >= 11 is 0. The first-order valence-electron chi connectivity index (χ1n) is 27.0. The van der Waals surface area contributed by atoms with E-state index in [0.717, 1.165) is 90.4 Å². The standard InChI is InChI=1S/C72H43F6N5/c73-71(74,75)47-35-37-67-55(41-47)56-42-48(72(76,77)78)36-38-68(56)83(67)69-57(53-27-11-17-33-65(53)81-61-29-13-7-23-49(61)50-24-8-14-30-62(50)81)39-46(70-79-59(44-19-3-1-4-20-44)43-60(80-70)45-21-5-2-6-22-45)40-58(69)54-28-12-18-34-66(54)82-63-31-15-9-25-51(63)52-26-10-16-32-64(52)82/h1-43H. The molecule has 0 saturated carbocycles. The quantitative estimate of drug-likeness (QED) is 0.142. The molecule has 0 spiro atoms. The predicted molar refractivity (Wildman–Crippen MR) is 322 cm³/mol. The van der Waals surface area contributed by atoms with Gasteiger partial charge in [-0.25, -0.2) is 9.97 Å². The largest absolute Gasteiger partial charge is 0.416 e. The fourth-order valence-electron chi connectivity index (χ4n) is 12.3. The van der Waals surface area contributed by atoms with Crippen molar-refractivity contribution in [3.05, 3.63) is 272 Å². The maximum atomic E-state index is 15.0. The Morgan fingerprint density at radius 2 is 0.602 bits per heavy atom. The van der Waals surface area contributed by atoms with E-state index >= 15 is 0 Å². The van der Waals surface area contributed by atoms with Crippen LogP contribution in [0.5, 0.6) is 0 Å². The van der Waals surface area contributed by atoms with Gasteiger partial charge in [0.05, 0.1) is 72.7 Å². The van der Waals surface area contributed by atoms with Crippen LogP contribution < -0.4 is 0 Å². The van der Waals surface area contributed by atoms with Crippen molar-refractivity contribution in [3.63, 3.8) is 0 Å². The van der Waals surface area contributed by atoms with Gasteiger partial charge in [-0.2, -0.15) is 26.3 Å². The minimum atomic E-state index is -4.81. The van der Waals surface area contributed by atoms with Crippen molar-refractivity contribution in [1.29, 1.82) is 0 Å². The van der Waals surface area contributed by atoms with Gasteiger partial charge < -0.3 is 13.7 Å². The van der Waals surface area contributed by atoms with Crippen LogP contribution >= 0.6 is 0 Å². The number of halogens is 6. The average Bonchev–Trinajstić information content (AvgIpc) is 3.79. The second-order valence-corrected chi connectivity index (χ2v) is 20.7. The highest BCUT2D eigenvalue weighted by atomic mass is 19.4. The molecule has 398 valence electrons. The highest BCUT2D eigenvalue weighted by Gasteiger charge is 2.35. The molecule has 0 bridgehead atoms. The van der Waals surface area contributed by atoms with Crippen molar-refractivity contribution in [1.82, 2.24) is 23.7 Å². The molecule has 83 heavy (non-hydrogen) atoms. The van der Waals surface area contributed by atoms with Crippen molar-refractivity contribution in [2.24, 2.45) is 0 Å². The van der Waals surface area contributed by atoms with Gasteiger partial charge in [-0.1, -0.05) is 170 Å². The van der Waals surface area contributed by atoms with Crippen LogP contribution in [0.15, 0.2) is 261 Å². The molecular formula is C72H43F6N5. The third-order valence-corrected chi connectivity index (χ3v) is 15.9. The minimum absolute atomic E-state index is 0.000310. The lowest BCUT2D eigenvalue weighted by atomic mass is 9.90. The molecule has 0 saturated heterocycles. The number of hydrogen-bond donors (Lipinski definition) is 0. The highest BCUT2D eigenvalue weighted by Crippen LogP contribution is 2.49. The molecule has 0 aliphatic rings. The first-order chi connectivity index (χ1) is 40.5. The second-order valence-electron chi connectivity index (χ2n) is 20.7. The van der Waals surface area contributed by atoms with Crippen LogP contribution in [0.2, 0.25) is 0 Å². The van der Waals surface area contributed by atoms with Crippen LogP contribution in [0.4, 0.5) is 26.3 Å². The lowest BCUT2D eigenvalue weighted by molar-refractivity contribution is -0.138. The molecule has 15 rings (SSSR count). The summed E-state index contributed by atoms with van der Waals surface area (Å²) in [6.07, 6.45) is -9.62. The van der Waals surface area contributed by atoms with Crippen LogP contribution in [0.3, 0.4) is 0 Å². The van der Waals surface area contributed by atoms with Gasteiger partial charge in [0, 0.05) is 71.3 Å². The Morgan fingerprint density at radius 3 is 0.988 bits per heavy atom. The minimum Gasteiger partial charge on any atom is -0.309 e. The highest BCUT2D eigenvalue weighted by molar-refractivity contribution is 6.14. The molecule has 4 aromatic heterocycles. The molecule has 4 heterocycles. The molecule has 0 fully saturated rings. The maximum Gasteiger partial charge on any atom is 0.416 e. The third kappa shape index (κ3) is 8.17. The average molecular weight is 1090 g/mol. The molecule has 0 aliphatic carbocycles. The van der Waals surface area contributed by atoms with Crippen molar-refractivity contribution in [2.75, 3.05) is 0 Å². The van der Waals surface area contributed by atoms with E-state index in [2.05, 4.69) is 57.7 Å². The van der Waals surface area contributed by atoms with Gasteiger partial charge in [0.2, 0.25) is 0 Å². The van der Waals surface area contributed by atoms with Crippen LogP contribution in [0.25, 0.3) is 139 Å². The molecule has 0 amide bonds. The number of rotatable bonds is 8. The van der Waals surface area contributed by atoms with Gasteiger partial charge in [-0.3, -0.25) is 0 Å². The number of fused-ring (bicyclic) bond motifs is 9. The van der Waals surface area contributed by atoms with Crippen molar-refractivity contribution < 1.29 is 26.3 Å². The monoisotopic (exact) mass is 1090 g/mol. The van der Waals surface area contributed by atoms with Gasteiger partial charge in [0.1, 0.15) is 0 Å². The molecule has 0 radical (unpaired) electrons. The Kier molecular flexibility index (Phi) is 11.4. The molecule has 11 heteroatoms. The number of alkyl halides is 6. The molecular weight excluding hydrogens is 1050 g/mol. The summed E-state index contributed by atoms with van der Waals surface area (Å²) in [7, 11) is 0. The Balaban J connectivity index is 1.15. The maximum absolute atomic E-state index is 15.0. The summed E-state index contributed by atoms with van der Waals surface area (Å²) in [6.45, 7) is 0. The zero-order valence-corrected chi connectivity index (χ0v) is 43.8. The van der Waals surface area contributed by atoms with E-state index in [1.54, 1.807) is 0 Å². The van der Waals surface area contributed by atoms with E-state index in [1.165, 1.54) is 12.1 Å². The lowest BCUT2D eigenvalue weighted by Crippen LogP contribution is -2.07. The van der Waals surface area contributed by atoms with E-state index in [0.29, 0.717) is 50.7 Å². The molecule has 15 aromatic rings. The molecule has 0 unspecified atom stereocenters. The van der Waals surface area contributed by atoms with Gasteiger partial charge in [-0.15, -0.1) is 0 Å². The van der Waals surface area contributed by atoms with E-state index in [4.69, 9.17) is 9.97 Å². The number of benzene rings is 11. The zero-order valence-electron chi connectivity index (χ0n) is 43.8. The summed E-state index contributed by atoms with van der Waals surface area (Å²) in [4.78, 5) is 10.8. The first kappa shape index (κ1) is 49.5. The molecule has 0 aliphatic heterocycles. The van der Waals surface area contributed by atoms with Crippen LogP contribution in [0, 0.1) is 0 Å². The van der Waals surface area contributed by atoms with Gasteiger partial charge >= 0.3 is 12.4 Å². The zero-order chi connectivity index (χ0) is 56.1. The molecule has 5 nitrogen and oxygen atoms in total. The van der Waals surface area contributed by atoms with E-state index in [1.807, 2.05) is 180 Å². The number of nitrogens with zero attached hydrogens (tertiary/aromatic N) is 5. The lowest BCUT2D eigenvalue weighted by Gasteiger charge is -2.24. The summed E-state index contributed by atoms with van der Waals surface area (Å²) in [5.41, 5.74) is 10.6. The fraction of sp³-hybridized carbons (Fsp3) is 0.0278. The summed E-state index contributed by atoms with van der Waals surface area (Å²) in [6, 6.07) is 81.2. The first-order valence-corrected chi connectivity index (χ1v) is 27.0. The SMILES string of the molecule is FC(F)(F)c1ccc2c(c1)c1cc(C(F)(F)F)ccc1n2-c1c(-c2ccccc2-n2c3ccccc3c3ccccc32)cc(-c2nc(-c3ccccc3)cc(-c3ccccc3)n2)cc1-c1ccccc1-n1c2ccccc2c2ccccc21. The fourth-order valence-corrected chi connectivity index (χ4v) is 12.3. The predicted octanol–water partition coefficient (Wildman–Crippen LogP) is 20.1. The normalized spacial score (nSPS) is 12.2. The Morgan fingerprint density at radius 1 is 0.265 bits per heavy atom. The smallest absolute Gasteiger partial charge is 0.309 e. The Hall–Kier alpha value is -10.5. The topological polar surface area (TPSA) is 40.6 Å². The number of para-hydroxylation sites is 6. The summed E-state index contributed by atoms with van der Waals surface area (Å²) in [5, 5.41) is 4.09. The Labute approximate surface area is 470 Å². The van der Waals surface area contributed by atoms with Gasteiger partial charge in [-0.05, 0) is 91.0 Å². The summed E-state index contributed by atoms with van der Waals surface area (Å²) < 4.78 is 96.1. The van der Waals surface area contributed by atoms with E-state index in [-0.39, 0.29) is 21.8 Å². The van der Waals surface area contributed by atoms with Gasteiger partial charge in [0.25, 0.3) is 0 Å². The van der Waals surface area contributed by atoms with Crippen molar-refractivity contribution in [3.8, 4) is 73.2 Å².